The van der Waals surface area contributed by atoms with Crippen LogP contribution >= 0.6 is 0 Å². The van der Waals surface area contributed by atoms with Gasteiger partial charge in [-0.05, 0) is 18.4 Å². The Labute approximate surface area is 149 Å². The second kappa shape index (κ2) is 7.38. The molecule has 11 heteroatoms. The molecule has 2 rings (SSSR count). The smallest absolute Gasteiger partial charge is 0.339 e. The highest BCUT2D eigenvalue weighted by Gasteiger charge is 2.38. The summed E-state index contributed by atoms with van der Waals surface area (Å²) in [5, 5.41) is 20.2. The van der Waals surface area contributed by atoms with Crippen LogP contribution in [0.5, 0.6) is 0 Å². The molecule has 142 valence electrons. The van der Waals surface area contributed by atoms with Crippen molar-refractivity contribution in [3.05, 3.63) is 33.9 Å². The van der Waals surface area contributed by atoms with Crippen molar-refractivity contribution in [2.75, 3.05) is 20.2 Å². The summed E-state index contributed by atoms with van der Waals surface area (Å²) >= 11 is 0. The van der Waals surface area contributed by atoms with Gasteiger partial charge in [-0.15, -0.1) is 0 Å². The Kier molecular flexibility index (Phi) is 5.62. The van der Waals surface area contributed by atoms with E-state index in [0.717, 1.165) is 29.6 Å². The predicted octanol–water partition coefficient (Wildman–Crippen LogP) is 1.11. The van der Waals surface area contributed by atoms with Crippen LogP contribution in [0.1, 0.15) is 23.7 Å². The molecular weight excluding hydrogens is 368 g/mol. The summed E-state index contributed by atoms with van der Waals surface area (Å²) in [5.41, 5.74) is -0.848. The number of rotatable bonds is 5. The van der Waals surface area contributed by atoms with Crippen molar-refractivity contribution in [3.63, 3.8) is 0 Å². The number of nitrogens with zero attached hydrogens (tertiary/aromatic N) is 2. The highest BCUT2D eigenvalue weighted by molar-refractivity contribution is 7.89. The van der Waals surface area contributed by atoms with Gasteiger partial charge in [0.25, 0.3) is 5.69 Å². The largest absolute Gasteiger partial charge is 0.481 e. The zero-order chi connectivity index (χ0) is 19.6. The number of carbonyl (C=O) groups excluding carboxylic acids is 1. The van der Waals surface area contributed by atoms with E-state index in [0.29, 0.717) is 6.42 Å². The Morgan fingerprint density at radius 2 is 2.00 bits per heavy atom. The maximum absolute atomic E-state index is 13.0. The molecule has 1 aliphatic heterocycles. The number of sulfonamides is 1. The molecule has 0 aromatic heterocycles. The molecule has 2 unspecified atom stereocenters. The lowest BCUT2D eigenvalue weighted by molar-refractivity contribution is -0.385. The van der Waals surface area contributed by atoms with Crippen LogP contribution in [0, 0.1) is 22.0 Å². The van der Waals surface area contributed by atoms with Gasteiger partial charge >= 0.3 is 11.9 Å². The van der Waals surface area contributed by atoms with Gasteiger partial charge in [-0.25, -0.2) is 13.2 Å². The highest BCUT2D eigenvalue weighted by atomic mass is 32.2. The number of non-ortho nitro benzene ring substituents is 1. The van der Waals surface area contributed by atoms with E-state index in [1.165, 1.54) is 0 Å². The van der Waals surface area contributed by atoms with Crippen LogP contribution in [0.3, 0.4) is 0 Å². The van der Waals surface area contributed by atoms with Crippen LogP contribution in [0.4, 0.5) is 5.69 Å². The molecule has 0 saturated carbocycles. The normalized spacial score (nSPS) is 21.2. The Balaban J connectivity index is 2.56. The van der Waals surface area contributed by atoms with Gasteiger partial charge in [0.2, 0.25) is 10.0 Å². The molecule has 0 spiro atoms. The molecule has 0 amide bonds. The van der Waals surface area contributed by atoms with Crippen molar-refractivity contribution in [1.82, 2.24) is 4.31 Å². The molecule has 1 aromatic rings. The number of carbonyl (C=O) groups is 2. The summed E-state index contributed by atoms with van der Waals surface area (Å²) in [4.78, 5) is 32.9. The highest BCUT2D eigenvalue weighted by Crippen LogP contribution is 2.30. The summed E-state index contributed by atoms with van der Waals surface area (Å²) in [6.45, 7) is 1.49. The van der Waals surface area contributed by atoms with Crippen LogP contribution in [0.25, 0.3) is 0 Å². The molecule has 1 N–H and O–H groups in total. The number of ether oxygens (including phenoxy) is 1. The first kappa shape index (κ1) is 19.8. The molecule has 1 heterocycles. The number of hydrogen-bond donors (Lipinski definition) is 1. The lowest BCUT2D eigenvalue weighted by atomic mass is 9.92. The van der Waals surface area contributed by atoms with Crippen molar-refractivity contribution < 1.29 is 32.8 Å². The van der Waals surface area contributed by atoms with Crippen LogP contribution < -0.4 is 0 Å². The Morgan fingerprint density at radius 3 is 2.54 bits per heavy atom. The van der Waals surface area contributed by atoms with Crippen LogP contribution in [0.15, 0.2) is 23.1 Å². The minimum atomic E-state index is -4.34. The fourth-order valence-electron chi connectivity index (χ4n) is 2.93. The van der Waals surface area contributed by atoms with Gasteiger partial charge in [-0.3, -0.25) is 14.9 Å². The number of aliphatic carboxylic acids is 1. The third kappa shape index (κ3) is 3.83. The standard InChI is InChI=1S/C15H18N2O8S/c1-9-5-10(14(18)19)8-16(7-9)26(23,24)13-6-11(17(21)22)3-4-12(13)15(20)25-2/h3-4,6,9-10H,5,7-8H2,1-2H3,(H,18,19). The first-order valence-corrected chi connectivity index (χ1v) is 9.11. The molecule has 0 aliphatic carbocycles. The Bertz CT molecular complexity index is 851. The maximum Gasteiger partial charge on any atom is 0.339 e. The molecular formula is C15H18N2O8S. The number of benzene rings is 1. The molecule has 10 nitrogen and oxygen atoms in total. The Morgan fingerprint density at radius 1 is 1.35 bits per heavy atom. The molecule has 2 atom stereocenters. The van der Waals surface area contributed by atoms with E-state index in [2.05, 4.69) is 4.74 Å². The second-order valence-electron chi connectivity index (χ2n) is 6.13. The van der Waals surface area contributed by atoms with Crippen molar-refractivity contribution in [3.8, 4) is 0 Å². The van der Waals surface area contributed by atoms with E-state index < -0.39 is 43.4 Å². The lowest BCUT2D eigenvalue weighted by Gasteiger charge is -2.33. The number of piperidine rings is 1. The summed E-state index contributed by atoms with van der Waals surface area (Å²) in [7, 11) is -3.28. The number of carboxylic acids is 1. The van der Waals surface area contributed by atoms with Gasteiger partial charge in [0, 0.05) is 25.2 Å². The van der Waals surface area contributed by atoms with E-state index in [9.17, 15) is 33.2 Å². The first-order chi connectivity index (χ1) is 12.1. The molecule has 1 aromatic carbocycles. The van der Waals surface area contributed by atoms with Crippen LogP contribution in [0.2, 0.25) is 0 Å². The average Bonchev–Trinajstić information content (AvgIpc) is 2.59. The zero-order valence-electron chi connectivity index (χ0n) is 14.1. The summed E-state index contributed by atoms with van der Waals surface area (Å²) in [6.07, 6.45) is 0.320. The number of nitro groups is 1. The number of nitro benzene ring substituents is 1. The van der Waals surface area contributed by atoms with E-state index in [1.54, 1.807) is 6.92 Å². The molecule has 1 fully saturated rings. The van der Waals surface area contributed by atoms with Crippen molar-refractivity contribution >= 4 is 27.6 Å². The van der Waals surface area contributed by atoms with Crippen LogP contribution in [-0.4, -0.2) is 54.9 Å². The van der Waals surface area contributed by atoms with Gasteiger partial charge in [0.15, 0.2) is 0 Å². The van der Waals surface area contributed by atoms with Crippen LogP contribution in [-0.2, 0) is 19.6 Å². The fraction of sp³-hybridized carbons (Fsp3) is 0.467. The van der Waals surface area contributed by atoms with Crippen molar-refractivity contribution in [1.29, 1.82) is 0 Å². The van der Waals surface area contributed by atoms with Gasteiger partial charge < -0.3 is 9.84 Å². The van der Waals surface area contributed by atoms with E-state index >= 15 is 0 Å². The predicted molar refractivity (Wildman–Crippen MR) is 88.1 cm³/mol. The van der Waals surface area contributed by atoms with Gasteiger partial charge in [0.05, 0.1) is 23.5 Å². The minimum Gasteiger partial charge on any atom is -0.481 e. The van der Waals surface area contributed by atoms with Crippen molar-refractivity contribution in [2.24, 2.45) is 11.8 Å². The van der Waals surface area contributed by atoms with E-state index in [4.69, 9.17) is 0 Å². The minimum absolute atomic E-state index is 0.0510. The van der Waals surface area contributed by atoms with Gasteiger partial charge in [-0.2, -0.15) is 4.31 Å². The average molecular weight is 386 g/mol. The molecule has 0 bridgehead atoms. The topological polar surface area (TPSA) is 144 Å². The molecule has 1 saturated heterocycles. The summed E-state index contributed by atoms with van der Waals surface area (Å²) in [5.74, 6) is -3.20. The monoisotopic (exact) mass is 386 g/mol. The SMILES string of the molecule is COC(=O)c1ccc([N+](=O)[O-])cc1S(=O)(=O)N1CC(C)CC(C(=O)O)C1. The quantitative estimate of drug-likeness (QED) is 0.450. The third-order valence-corrected chi connectivity index (χ3v) is 6.05. The summed E-state index contributed by atoms with van der Waals surface area (Å²) in [6, 6.07) is 2.81. The first-order valence-electron chi connectivity index (χ1n) is 7.67. The van der Waals surface area contributed by atoms with Crippen molar-refractivity contribution in [2.45, 2.75) is 18.2 Å². The summed E-state index contributed by atoms with van der Waals surface area (Å²) < 4.78 is 31.5. The molecule has 1 aliphatic rings. The Hall–Kier alpha value is -2.53. The second-order valence-corrected chi connectivity index (χ2v) is 8.03. The number of methoxy groups -OCH3 is 1. The lowest BCUT2D eigenvalue weighted by Crippen LogP contribution is -2.45. The van der Waals surface area contributed by atoms with Gasteiger partial charge in [0.1, 0.15) is 4.90 Å². The zero-order valence-corrected chi connectivity index (χ0v) is 14.9. The van der Waals surface area contributed by atoms with Gasteiger partial charge in [-0.1, -0.05) is 6.92 Å². The third-order valence-electron chi connectivity index (χ3n) is 4.17. The fourth-order valence-corrected chi connectivity index (χ4v) is 4.74. The molecule has 26 heavy (non-hydrogen) atoms. The number of hydrogen-bond acceptors (Lipinski definition) is 7. The number of carboxylic acid groups (broad SMARTS) is 1. The van der Waals surface area contributed by atoms with E-state index in [-0.39, 0.29) is 24.6 Å². The number of esters is 1. The maximum atomic E-state index is 13.0. The molecule has 0 radical (unpaired) electrons. The van der Waals surface area contributed by atoms with E-state index in [1.807, 2.05) is 0 Å².